The van der Waals surface area contributed by atoms with Crippen LogP contribution in [0.25, 0.3) is 21.5 Å². The quantitative estimate of drug-likeness (QED) is 0.612. The largest absolute Gasteiger partial charge is 0.369 e. The van der Waals surface area contributed by atoms with Crippen LogP contribution in [0, 0.1) is 0 Å². The molecule has 2 aromatic heterocycles. The minimum Gasteiger partial charge on any atom is -0.369 e. The van der Waals surface area contributed by atoms with Gasteiger partial charge in [-0.2, -0.15) is 0 Å². The number of benzene rings is 1. The van der Waals surface area contributed by atoms with E-state index in [2.05, 4.69) is 32.0 Å². The lowest BCUT2D eigenvalue weighted by molar-refractivity contribution is -0.117. The molecule has 6 nitrogen and oxygen atoms in total. The van der Waals surface area contributed by atoms with E-state index < -0.39 is 15.7 Å². The SMILES string of the molecule is NC(=O)Cc1cc(-c2nc(Br)cs2)cc2c(C3CCS(=O)(=O)CC3)c[nH]c12. The maximum Gasteiger partial charge on any atom is 0.221 e. The van der Waals surface area contributed by atoms with E-state index in [-0.39, 0.29) is 23.8 Å². The molecular weight excluding hydrogens is 450 g/mol. The second kappa shape index (κ2) is 7.03. The highest BCUT2D eigenvalue weighted by atomic mass is 79.9. The average Bonchev–Trinajstić information content (AvgIpc) is 3.21. The first-order valence-electron chi connectivity index (χ1n) is 8.56. The Bertz CT molecular complexity index is 1120. The molecule has 27 heavy (non-hydrogen) atoms. The number of halogens is 1. The van der Waals surface area contributed by atoms with E-state index in [1.54, 1.807) is 0 Å². The van der Waals surface area contributed by atoms with Gasteiger partial charge >= 0.3 is 0 Å². The van der Waals surface area contributed by atoms with Gasteiger partial charge in [0.05, 0.1) is 17.9 Å². The summed E-state index contributed by atoms with van der Waals surface area (Å²) < 4.78 is 24.3. The predicted molar refractivity (Wildman–Crippen MR) is 111 cm³/mol. The number of carbonyl (C=O) groups excluding carboxylic acids is 1. The summed E-state index contributed by atoms with van der Waals surface area (Å²) in [6, 6.07) is 4.02. The van der Waals surface area contributed by atoms with Crippen LogP contribution >= 0.6 is 27.3 Å². The van der Waals surface area contributed by atoms with Crippen LogP contribution in [0.15, 0.2) is 28.3 Å². The molecule has 0 bridgehead atoms. The number of fused-ring (bicyclic) bond motifs is 1. The Kier molecular flexibility index (Phi) is 4.85. The summed E-state index contributed by atoms with van der Waals surface area (Å²) in [7, 11) is -2.92. The van der Waals surface area contributed by atoms with Crippen LogP contribution < -0.4 is 5.73 Å². The van der Waals surface area contributed by atoms with Crippen molar-refractivity contribution in [1.82, 2.24) is 9.97 Å². The fourth-order valence-electron chi connectivity index (χ4n) is 3.70. The molecule has 1 aliphatic rings. The van der Waals surface area contributed by atoms with Crippen molar-refractivity contribution in [2.45, 2.75) is 25.2 Å². The van der Waals surface area contributed by atoms with Gasteiger partial charge in [-0.25, -0.2) is 13.4 Å². The fraction of sp³-hybridized carbons (Fsp3) is 0.333. The topological polar surface area (TPSA) is 106 Å². The molecule has 1 amide bonds. The zero-order valence-corrected chi connectivity index (χ0v) is 17.6. The van der Waals surface area contributed by atoms with E-state index in [4.69, 9.17) is 5.73 Å². The second-order valence-electron chi connectivity index (χ2n) is 6.85. The van der Waals surface area contributed by atoms with Crippen LogP contribution in [0.3, 0.4) is 0 Å². The first-order valence-corrected chi connectivity index (χ1v) is 12.1. The van der Waals surface area contributed by atoms with Gasteiger partial charge in [0.2, 0.25) is 5.91 Å². The van der Waals surface area contributed by atoms with Gasteiger partial charge in [0.1, 0.15) is 19.4 Å². The van der Waals surface area contributed by atoms with Gasteiger partial charge in [-0.05, 0) is 57.9 Å². The molecule has 0 spiro atoms. The Balaban J connectivity index is 1.83. The first kappa shape index (κ1) is 18.6. The van der Waals surface area contributed by atoms with E-state index in [1.807, 2.05) is 17.6 Å². The Morgan fingerprint density at radius 2 is 2.07 bits per heavy atom. The molecule has 1 aromatic carbocycles. The van der Waals surface area contributed by atoms with Crippen LogP contribution in [-0.4, -0.2) is 35.8 Å². The number of hydrogen-bond donors (Lipinski definition) is 2. The summed E-state index contributed by atoms with van der Waals surface area (Å²) >= 11 is 4.90. The van der Waals surface area contributed by atoms with Crippen molar-refractivity contribution in [2.75, 3.05) is 11.5 Å². The van der Waals surface area contributed by atoms with Crippen molar-refractivity contribution < 1.29 is 13.2 Å². The van der Waals surface area contributed by atoms with Crippen LogP contribution in [0.2, 0.25) is 0 Å². The van der Waals surface area contributed by atoms with Gasteiger partial charge in [0, 0.05) is 28.0 Å². The number of rotatable bonds is 4. The number of H-pyrrole nitrogens is 1. The summed E-state index contributed by atoms with van der Waals surface area (Å²) in [5.41, 5.74) is 9.19. The minimum absolute atomic E-state index is 0.135. The maximum atomic E-state index is 11.8. The standard InChI is InChI=1S/C18H18BrN3O3S2/c19-15-9-26-18(22-15)12-5-11(7-16(20)23)17-13(6-12)14(8-21-17)10-1-3-27(24,25)4-2-10/h5-6,8-10,21H,1-4,7H2,(H2,20,23). The third kappa shape index (κ3) is 3.81. The van der Waals surface area contributed by atoms with Crippen LogP contribution in [-0.2, 0) is 21.1 Å². The fourth-order valence-corrected chi connectivity index (χ4v) is 6.44. The molecule has 4 rings (SSSR count). The third-order valence-electron chi connectivity index (χ3n) is 4.99. The van der Waals surface area contributed by atoms with E-state index >= 15 is 0 Å². The van der Waals surface area contributed by atoms with Gasteiger partial charge in [-0.1, -0.05) is 0 Å². The van der Waals surface area contributed by atoms with E-state index in [0.29, 0.717) is 12.8 Å². The normalized spacial score (nSPS) is 17.4. The predicted octanol–water partition coefficient (Wildman–Crippen LogP) is 3.37. The number of amides is 1. The van der Waals surface area contributed by atoms with Crippen LogP contribution in [0.1, 0.15) is 29.9 Å². The molecule has 142 valence electrons. The number of aromatic nitrogens is 2. The summed E-state index contributed by atoms with van der Waals surface area (Å²) in [6.07, 6.45) is 3.32. The molecule has 1 saturated heterocycles. The minimum atomic E-state index is -2.92. The highest BCUT2D eigenvalue weighted by Gasteiger charge is 2.27. The van der Waals surface area contributed by atoms with Gasteiger partial charge in [0.15, 0.2) is 0 Å². The molecule has 0 aliphatic carbocycles. The number of nitrogens with one attached hydrogen (secondary N) is 1. The van der Waals surface area contributed by atoms with Crippen molar-refractivity contribution in [2.24, 2.45) is 5.73 Å². The van der Waals surface area contributed by atoms with Crippen LogP contribution in [0.4, 0.5) is 0 Å². The van der Waals surface area contributed by atoms with Gasteiger partial charge in [-0.3, -0.25) is 4.79 Å². The number of sulfone groups is 1. The second-order valence-corrected chi connectivity index (χ2v) is 10.8. The van der Waals surface area contributed by atoms with Crippen molar-refractivity contribution >= 4 is 53.9 Å². The Hall–Kier alpha value is -1.71. The maximum absolute atomic E-state index is 11.8. The molecule has 3 N–H and O–H groups in total. The van der Waals surface area contributed by atoms with Crippen molar-refractivity contribution in [3.63, 3.8) is 0 Å². The molecule has 1 aliphatic heterocycles. The molecule has 9 heteroatoms. The van der Waals surface area contributed by atoms with Crippen molar-refractivity contribution in [1.29, 1.82) is 0 Å². The number of primary amides is 1. The first-order chi connectivity index (χ1) is 12.8. The lowest BCUT2D eigenvalue weighted by Gasteiger charge is -2.21. The molecule has 0 unspecified atom stereocenters. The van der Waals surface area contributed by atoms with Gasteiger partial charge in [-0.15, -0.1) is 11.3 Å². The van der Waals surface area contributed by atoms with E-state index in [1.165, 1.54) is 11.3 Å². The molecule has 1 fully saturated rings. The highest BCUT2D eigenvalue weighted by molar-refractivity contribution is 9.10. The van der Waals surface area contributed by atoms with Crippen LogP contribution in [0.5, 0.6) is 0 Å². The number of nitrogens with zero attached hydrogens (tertiary/aromatic N) is 1. The Labute approximate surface area is 169 Å². The molecule has 3 heterocycles. The number of nitrogens with two attached hydrogens (primary N) is 1. The lowest BCUT2D eigenvalue weighted by atomic mass is 9.91. The number of carbonyl (C=O) groups is 1. The van der Waals surface area contributed by atoms with Crippen molar-refractivity contribution in [3.8, 4) is 10.6 Å². The lowest BCUT2D eigenvalue weighted by Crippen LogP contribution is -2.22. The summed E-state index contributed by atoms with van der Waals surface area (Å²) in [5.74, 6) is 0.227. The molecule has 0 radical (unpaired) electrons. The van der Waals surface area contributed by atoms with E-state index in [9.17, 15) is 13.2 Å². The van der Waals surface area contributed by atoms with Crippen molar-refractivity contribution in [3.05, 3.63) is 39.4 Å². The third-order valence-corrected chi connectivity index (χ3v) is 8.30. The molecule has 0 saturated carbocycles. The Morgan fingerprint density at radius 1 is 1.33 bits per heavy atom. The van der Waals surface area contributed by atoms with Gasteiger partial charge < -0.3 is 10.7 Å². The van der Waals surface area contributed by atoms with E-state index in [0.717, 1.165) is 37.2 Å². The zero-order chi connectivity index (χ0) is 19.2. The molecule has 3 aromatic rings. The molecular formula is C18H18BrN3O3S2. The molecule has 0 atom stereocenters. The monoisotopic (exact) mass is 467 g/mol. The highest BCUT2D eigenvalue weighted by Crippen LogP contribution is 2.38. The summed E-state index contributed by atoms with van der Waals surface area (Å²) in [4.78, 5) is 19.3. The van der Waals surface area contributed by atoms with Gasteiger partial charge in [0.25, 0.3) is 0 Å². The number of thiazole rings is 1. The Morgan fingerprint density at radius 3 is 2.70 bits per heavy atom. The summed E-state index contributed by atoms with van der Waals surface area (Å²) in [6.45, 7) is 0. The zero-order valence-electron chi connectivity index (χ0n) is 14.4. The smallest absolute Gasteiger partial charge is 0.221 e. The number of aromatic amines is 1. The summed E-state index contributed by atoms with van der Waals surface area (Å²) in [5, 5.41) is 3.78. The average molecular weight is 468 g/mol. The number of hydrogen-bond acceptors (Lipinski definition) is 5.